The Morgan fingerprint density at radius 2 is 2.38 bits per heavy atom. The molecule has 1 aromatic heterocycles. The first-order chi connectivity index (χ1) is 6.08. The molecular weight excluding hydrogens is 170 g/mol. The minimum atomic E-state index is -1.05. The van der Waals surface area contributed by atoms with Crippen LogP contribution in [-0.2, 0) is 6.54 Å². The fraction of sp³-hybridized carbons (Fsp3) is 0.250. The standard InChI is InChI=1S/C8H11N3O2/c1-5-2-6(3-7(9)11-5)4-10-8(12)13/h2-3,10H,4H2,1H3,(H2,9,11)(H,12,13). The summed E-state index contributed by atoms with van der Waals surface area (Å²) in [5, 5.41) is 10.6. The lowest BCUT2D eigenvalue weighted by Gasteiger charge is -2.03. The SMILES string of the molecule is Cc1cc(CNC(=O)O)cc(N)n1. The third-order valence-corrected chi connectivity index (χ3v) is 1.48. The highest BCUT2D eigenvalue weighted by atomic mass is 16.4. The zero-order valence-electron chi connectivity index (χ0n) is 7.24. The van der Waals surface area contributed by atoms with Crippen molar-refractivity contribution in [1.29, 1.82) is 0 Å². The van der Waals surface area contributed by atoms with Crippen molar-refractivity contribution in [2.24, 2.45) is 0 Å². The van der Waals surface area contributed by atoms with Crippen LogP contribution in [0.3, 0.4) is 0 Å². The fourth-order valence-electron chi connectivity index (χ4n) is 1.05. The molecule has 0 saturated carbocycles. The molecule has 70 valence electrons. The number of carboxylic acid groups (broad SMARTS) is 1. The minimum Gasteiger partial charge on any atom is -0.465 e. The Labute approximate surface area is 75.6 Å². The summed E-state index contributed by atoms with van der Waals surface area (Å²) in [6.07, 6.45) is -1.05. The van der Waals surface area contributed by atoms with Crippen LogP contribution in [0.2, 0.25) is 0 Å². The molecule has 0 fully saturated rings. The quantitative estimate of drug-likeness (QED) is 0.627. The van der Waals surface area contributed by atoms with Crippen molar-refractivity contribution in [1.82, 2.24) is 10.3 Å². The van der Waals surface area contributed by atoms with Crippen LogP contribution in [0, 0.1) is 6.92 Å². The summed E-state index contributed by atoms with van der Waals surface area (Å²) >= 11 is 0. The molecule has 5 heteroatoms. The first kappa shape index (κ1) is 9.31. The van der Waals surface area contributed by atoms with Crippen LogP contribution < -0.4 is 11.1 Å². The zero-order chi connectivity index (χ0) is 9.84. The van der Waals surface area contributed by atoms with Gasteiger partial charge in [0.15, 0.2) is 0 Å². The van der Waals surface area contributed by atoms with E-state index in [9.17, 15) is 4.79 Å². The van der Waals surface area contributed by atoms with Gasteiger partial charge in [-0.2, -0.15) is 0 Å². The predicted octanol–water partition coefficient (Wildman–Crippen LogP) is 0.740. The van der Waals surface area contributed by atoms with Crippen molar-refractivity contribution in [2.75, 3.05) is 5.73 Å². The lowest BCUT2D eigenvalue weighted by Crippen LogP contribution is -2.20. The van der Waals surface area contributed by atoms with Gasteiger partial charge in [0.25, 0.3) is 0 Å². The van der Waals surface area contributed by atoms with Gasteiger partial charge in [0, 0.05) is 12.2 Å². The van der Waals surface area contributed by atoms with E-state index in [0.29, 0.717) is 5.82 Å². The van der Waals surface area contributed by atoms with Gasteiger partial charge in [-0.1, -0.05) is 0 Å². The normalized spacial score (nSPS) is 9.62. The lowest BCUT2D eigenvalue weighted by atomic mass is 10.2. The van der Waals surface area contributed by atoms with Crippen LogP contribution in [0.15, 0.2) is 12.1 Å². The molecule has 0 aliphatic heterocycles. The van der Waals surface area contributed by atoms with Crippen molar-refractivity contribution in [3.63, 3.8) is 0 Å². The third-order valence-electron chi connectivity index (χ3n) is 1.48. The number of aromatic nitrogens is 1. The first-order valence-corrected chi connectivity index (χ1v) is 3.78. The maximum absolute atomic E-state index is 10.2. The Kier molecular flexibility index (Phi) is 2.69. The number of anilines is 1. The molecule has 0 unspecified atom stereocenters. The van der Waals surface area contributed by atoms with E-state index in [1.807, 2.05) is 0 Å². The van der Waals surface area contributed by atoms with Crippen LogP contribution in [0.4, 0.5) is 10.6 Å². The maximum Gasteiger partial charge on any atom is 0.404 e. The molecule has 5 nitrogen and oxygen atoms in total. The summed E-state index contributed by atoms with van der Waals surface area (Å²) in [6.45, 7) is 2.06. The monoisotopic (exact) mass is 181 g/mol. The number of nitrogen functional groups attached to an aromatic ring is 1. The number of aryl methyl sites for hydroxylation is 1. The van der Waals surface area contributed by atoms with Gasteiger partial charge in [0.1, 0.15) is 5.82 Å². The van der Waals surface area contributed by atoms with E-state index >= 15 is 0 Å². The second kappa shape index (κ2) is 3.75. The van der Waals surface area contributed by atoms with E-state index in [1.54, 1.807) is 19.1 Å². The van der Waals surface area contributed by atoms with E-state index < -0.39 is 6.09 Å². The Hall–Kier alpha value is -1.78. The second-order valence-corrected chi connectivity index (χ2v) is 2.70. The molecule has 13 heavy (non-hydrogen) atoms. The molecule has 1 heterocycles. The molecule has 0 aromatic carbocycles. The Morgan fingerprint density at radius 1 is 1.69 bits per heavy atom. The topological polar surface area (TPSA) is 88.2 Å². The summed E-state index contributed by atoms with van der Waals surface area (Å²) < 4.78 is 0. The highest BCUT2D eigenvalue weighted by Crippen LogP contribution is 2.06. The minimum absolute atomic E-state index is 0.253. The van der Waals surface area contributed by atoms with E-state index in [1.165, 1.54) is 0 Å². The predicted molar refractivity (Wildman–Crippen MR) is 48.3 cm³/mol. The van der Waals surface area contributed by atoms with Crippen molar-refractivity contribution in [3.8, 4) is 0 Å². The number of rotatable bonds is 2. The van der Waals surface area contributed by atoms with Crippen molar-refractivity contribution in [2.45, 2.75) is 13.5 Å². The second-order valence-electron chi connectivity index (χ2n) is 2.70. The molecule has 1 amide bonds. The molecule has 0 radical (unpaired) electrons. The van der Waals surface area contributed by atoms with Gasteiger partial charge in [-0.15, -0.1) is 0 Å². The van der Waals surface area contributed by atoms with Gasteiger partial charge in [0.2, 0.25) is 0 Å². The highest BCUT2D eigenvalue weighted by molar-refractivity contribution is 5.64. The number of nitrogens with zero attached hydrogens (tertiary/aromatic N) is 1. The van der Waals surface area contributed by atoms with E-state index in [2.05, 4.69) is 10.3 Å². The van der Waals surface area contributed by atoms with Crippen LogP contribution in [-0.4, -0.2) is 16.2 Å². The van der Waals surface area contributed by atoms with Crippen LogP contribution in [0.5, 0.6) is 0 Å². The Bertz CT molecular complexity index is 305. The number of pyridine rings is 1. The van der Waals surface area contributed by atoms with Gasteiger partial charge in [-0.3, -0.25) is 0 Å². The average molecular weight is 181 g/mol. The van der Waals surface area contributed by atoms with E-state index in [4.69, 9.17) is 10.8 Å². The van der Waals surface area contributed by atoms with Gasteiger partial charge in [-0.25, -0.2) is 9.78 Å². The average Bonchev–Trinajstić information content (AvgIpc) is 1.99. The van der Waals surface area contributed by atoms with Crippen LogP contribution in [0.25, 0.3) is 0 Å². The number of hydrogen-bond acceptors (Lipinski definition) is 3. The first-order valence-electron chi connectivity index (χ1n) is 3.78. The largest absolute Gasteiger partial charge is 0.465 e. The Morgan fingerprint density at radius 3 is 2.92 bits per heavy atom. The van der Waals surface area contributed by atoms with Gasteiger partial charge in [0.05, 0.1) is 0 Å². The molecule has 1 rings (SSSR count). The summed E-state index contributed by atoms with van der Waals surface area (Å²) in [5.41, 5.74) is 7.07. The highest BCUT2D eigenvalue weighted by Gasteiger charge is 1.99. The lowest BCUT2D eigenvalue weighted by molar-refractivity contribution is 0.194. The molecule has 0 saturated heterocycles. The maximum atomic E-state index is 10.2. The summed E-state index contributed by atoms with van der Waals surface area (Å²) in [6, 6.07) is 3.43. The van der Waals surface area contributed by atoms with Crippen molar-refractivity contribution < 1.29 is 9.90 Å². The smallest absolute Gasteiger partial charge is 0.404 e. The number of hydrogen-bond donors (Lipinski definition) is 3. The Balaban J connectivity index is 2.71. The molecule has 0 spiro atoms. The number of nitrogens with two attached hydrogens (primary N) is 1. The number of nitrogens with one attached hydrogen (secondary N) is 1. The van der Waals surface area contributed by atoms with Crippen LogP contribution in [0.1, 0.15) is 11.3 Å². The van der Waals surface area contributed by atoms with E-state index in [0.717, 1.165) is 11.3 Å². The molecule has 0 atom stereocenters. The van der Waals surface area contributed by atoms with Crippen LogP contribution >= 0.6 is 0 Å². The van der Waals surface area contributed by atoms with Crippen molar-refractivity contribution in [3.05, 3.63) is 23.4 Å². The molecule has 0 bridgehead atoms. The molecular formula is C8H11N3O2. The van der Waals surface area contributed by atoms with Crippen molar-refractivity contribution >= 4 is 11.9 Å². The third kappa shape index (κ3) is 2.98. The summed E-state index contributed by atoms with van der Waals surface area (Å²) in [5.74, 6) is 0.405. The van der Waals surface area contributed by atoms with E-state index in [-0.39, 0.29) is 6.54 Å². The van der Waals surface area contributed by atoms with Gasteiger partial charge in [-0.05, 0) is 24.6 Å². The summed E-state index contributed by atoms with van der Waals surface area (Å²) in [7, 11) is 0. The zero-order valence-corrected chi connectivity index (χ0v) is 7.24. The number of amides is 1. The fourth-order valence-corrected chi connectivity index (χ4v) is 1.05. The van der Waals surface area contributed by atoms with Gasteiger partial charge < -0.3 is 16.2 Å². The number of carbonyl (C=O) groups is 1. The molecule has 0 aliphatic carbocycles. The summed E-state index contributed by atoms with van der Waals surface area (Å²) in [4.78, 5) is 14.1. The van der Waals surface area contributed by atoms with Gasteiger partial charge >= 0.3 is 6.09 Å². The molecule has 4 N–H and O–H groups in total. The molecule has 1 aromatic rings. The molecule has 0 aliphatic rings.